The van der Waals surface area contributed by atoms with Crippen LogP contribution in [0.1, 0.15) is 44.9 Å². The van der Waals surface area contributed by atoms with Crippen molar-refractivity contribution in [1.29, 1.82) is 0 Å². The average Bonchev–Trinajstić information content (AvgIpc) is 3.27. The number of hydrogen-bond acceptors (Lipinski definition) is 4. The van der Waals surface area contributed by atoms with Gasteiger partial charge in [-0.2, -0.15) is 17.4 Å². The summed E-state index contributed by atoms with van der Waals surface area (Å²) in [6.07, 6.45) is 7.72. The Morgan fingerprint density at radius 3 is 2.52 bits per heavy atom. The van der Waals surface area contributed by atoms with E-state index in [0.29, 0.717) is 25.6 Å². The second-order valence-corrected chi connectivity index (χ2v) is 9.22. The normalized spacial score (nSPS) is 29.5. The van der Waals surface area contributed by atoms with Crippen LogP contribution in [0.25, 0.3) is 0 Å². The Balaban J connectivity index is 1.57. The Kier molecular flexibility index (Phi) is 5.63. The molecule has 0 aromatic carbocycles. The molecule has 2 saturated heterocycles. The Bertz CT molecular complexity index is 485. The maximum Gasteiger partial charge on any atom is 0.280 e. The van der Waals surface area contributed by atoms with Crippen LogP contribution in [0.2, 0.25) is 0 Å². The number of piperidine rings is 2. The highest BCUT2D eigenvalue weighted by Crippen LogP contribution is 2.38. The van der Waals surface area contributed by atoms with Gasteiger partial charge in [0.05, 0.1) is 6.61 Å². The lowest BCUT2D eigenvalue weighted by Gasteiger charge is -2.35. The van der Waals surface area contributed by atoms with Gasteiger partial charge in [-0.15, -0.1) is 0 Å². The summed E-state index contributed by atoms with van der Waals surface area (Å²) in [5, 5.41) is 0. The van der Waals surface area contributed by atoms with Gasteiger partial charge in [0.2, 0.25) is 0 Å². The van der Waals surface area contributed by atoms with Gasteiger partial charge in [0.25, 0.3) is 10.2 Å². The van der Waals surface area contributed by atoms with Crippen molar-refractivity contribution >= 4 is 10.2 Å². The monoisotopic (exact) mass is 345 g/mol. The Morgan fingerprint density at radius 1 is 1.13 bits per heavy atom. The van der Waals surface area contributed by atoms with Crippen LogP contribution in [0.3, 0.4) is 0 Å². The second-order valence-electron chi connectivity index (χ2n) is 7.55. The highest BCUT2D eigenvalue weighted by atomic mass is 32.2. The van der Waals surface area contributed by atoms with Gasteiger partial charge >= 0.3 is 0 Å². The van der Waals surface area contributed by atoms with E-state index in [-0.39, 0.29) is 5.54 Å². The molecule has 0 amide bonds. The van der Waals surface area contributed by atoms with Crippen molar-refractivity contribution in [2.24, 2.45) is 5.92 Å². The van der Waals surface area contributed by atoms with Crippen LogP contribution >= 0.6 is 0 Å². The van der Waals surface area contributed by atoms with E-state index in [1.807, 2.05) is 0 Å². The highest BCUT2D eigenvalue weighted by molar-refractivity contribution is 7.87. The molecule has 2 heterocycles. The van der Waals surface area contributed by atoms with Crippen LogP contribution in [0.4, 0.5) is 0 Å². The van der Waals surface area contributed by atoms with Crippen LogP contribution in [0.15, 0.2) is 0 Å². The summed E-state index contributed by atoms with van der Waals surface area (Å²) >= 11 is 0. The van der Waals surface area contributed by atoms with Crippen molar-refractivity contribution in [3.05, 3.63) is 0 Å². The number of rotatable bonds is 7. The van der Waals surface area contributed by atoms with Gasteiger partial charge in [-0.3, -0.25) is 0 Å². The first kappa shape index (κ1) is 17.6. The maximum atomic E-state index is 12.8. The fourth-order valence-corrected chi connectivity index (χ4v) is 5.67. The predicted molar refractivity (Wildman–Crippen MR) is 90.5 cm³/mol. The molecule has 1 N–H and O–H groups in total. The minimum Gasteiger partial charge on any atom is -0.384 e. The lowest BCUT2D eigenvalue weighted by molar-refractivity contribution is 0.117. The minimum absolute atomic E-state index is 0.204. The third kappa shape index (κ3) is 4.66. The molecule has 0 spiro atoms. The topological polar surface area (TPSA) is 61.9 Å². The van der Waals surface area contributed by atoms with Crippen LogP contribution in [-0.4, -0.2) is 69.6 Å². The second kappa shape index (κ2) is 7.35. The number of likely N-dealkylation sites (tertiary alicyclic amines) is 1. The van der Waals surface area contributed by atoms with Crippen molar-refractivity contribution in [2.75, 3.05) is 46.4 Å². The molecule has 3 aliphatic rings. The first-order chi connectivity index (χ1) is 11.0. The third-order valence-electron chi connectivity index (χ3n) is 5.40. The molecule has 0 radical (unpaired) electrons. The zero-order valence-electron chi connectivity index (χ0n) is 14.3. The van der Waals surface area contributed by atoms with E-state index < -0.39 is 10.2 Å². The Hall–Kier alpha value is -0.210. The summed E-state index contributed by atoms with van der Waals surface area (Å²) in [5.41, 5.74) is -0.204. The van der Waals surface area contributed by atoms with Crippen molar-refractivity contribution in [3.63, 3.8) is 0 Å². The fraction of sp³-hybridized carbons (Fsp3) is 1.00. The number of methoxy groups -OCH3 is 1. The molecule has 3 rings (SSSR count). The minimum atomic E-state index is -3.38. The molecule has 0 bridgehead atoms. The molecular weight excluding hydrogens is 314 g/mol. The van der Waals surface area contributed by atoms with E-state index in [2.05, 4.69) is 9.62 Å². The van der Waals surface area contributed by atoms with Crippen molar-refractivity contribution in [1.82, 2.24) is 13.9 Å². The number of ether oxygens (including phenoxy) is 1. The summed E-state index contributed by atoms with van der Waals surface area (Å²) in [7, 11) is -1.70. The first-order valence-electron chi connectivity index (χ1n) is 9.03. The maximum absolute atomic E-state index is 12.8. The lowest BCUT2D eigenvalue weighted by Crippen LogP contribution is -2.53. The molecule has 0 aromatic rings. The zero-order valence-corrected chi connectivity index (χ0v) is 15.1. The van der Waals surface area contributed by atoms with Crippen LogP contribution in [0, 0.1) is 5.92 Å². The standard InChI is InChI=1S/C16H31N3O3S/c1-22-13-15-6-5-11-19(12-15)23(20,21)17-16(7-8-16)14-18-9-3-2-4-10-18/h15,17H,2-14H2,1H3. The fourth-order valence-electron chi connectivity index (χ4n) is 3.94. The first-order valence-corrected chi connectivity index (χ1v) is 10.5. The van der Waals surface area contributed by atoms with Gasteiger partial charge in [0.1, 0.15) is 0 Å². The molecule has 1 aliphatic carbocycles. The Labute approximate surface area is 140 Å². The molecule has 2 aliphatic heterocycles. The molecule has 23 heavy (non-hydrogen) atoms. The van der Waals surface area contributed by atoms with E-state index in [0.717, 1.165) is 45.3 Å². The van der Waals surface area contributed by atoms with Gasteiger partial charge < -0.3 is 9.64 Å². The predicted octanol–water partition coefficient (Wildman–Crippen LogP) is 1.20. The molecule has 1 unspecified atom stereocenters. The average molecular weight is 346 g/mol. The van der Waals surface area contributed by atoms with E-state index in [1.54, 1.807) is 11.4 Å². The van der Waals surface area contributed by atoms with Crippen molar-refractivity contribution in [3.8, 4) is 0 Å². The van der Waals surface area contributed by atoms with E-state index >= 15 is 0 Å². The van der Waals surface area contributed by atoms with Gasteiger partial charge in [0, 0.05) is 32.3 Å². The zero-order chi connectivity index (χ0) is 16.3. The number of hydrogen-bond donors (Lipinski definition) is 1. The molecule has 1 saturated carbocycles. The summed E-state index contributed by atoms with van der Waals surface area (Å²) in [4.78, 5) is 2.43. The quantitative estimate of drug-likeness (QED) is 0.753. The molecular formula is C16H31N3O3S. The summed E-state index contributed by atoms with van der Waals surface area (Å²) in [6, 6.07) is 0. The molecule has 0 aromatic heterocycles. The van der Waals surface area contributed by atoms with Gasteiger partial charge in [-0.1, -0.05) is 6.42 Å². The van der Waals surface area contributed by atoms with Gasteiger partial charge in [0.15, 0.2) is 0 Å². The van der Waals surface area contributed by atoms with Gasteiger partial charge in [-0.05, 0) is 57.5 Å². The Morgan fingerprint density at radius 2 is 1.87 bits per heavy atom. The van der Waals surface area contributed by atoms with E-state index in [4.69, 9.17) is 4.74 Å². The molecule has 1 atom stereocenters. The number of nitrogens with one attached hydrogen (secondary N) is 1. The molecule has 3 fully saturated rings. The number of nitrogens with zero attached hydrogens (tertiary/aromatic N) is 2. The SMILES string of the molecule is COCC1CCCN(S(=O)(=O)NC2(CN3CCCCC3)CC2)C1. The molecule has 6 nitrogen and oxygen atoms in total. The van der Waals surface area contributed by atoms with Crippen LogP contribution in [0.5, 0.6) is 0 Å². The van der Waals surface area contributed by atoms with Crippen LogP contribution < -0.4 is 4.72 Å². The van der Waals surface area contributed by atoms with Gasteiger partial charge in [-0.25, -0.2) is 0 Å². The summed E-state index contributed by atoms with van der Waals surface area (Å²) in [6.45, 7) is 4.97. The van der Waals surface area contributed by atoms with Crippen LogP contribution in [-0.2, 0) is 14.9 Å². The highest BCUT2D eigenvalue weighted by Gasteiger charge is 2.48. The van der Waals surface area contributed by atoms with Crippen molar-refractivity contribution in [2.45, 2.75) is 50.5 Å². The van der Waals surface area contributed by atoms with E-state index in [1.165, 1.54) is 19.3 Å². The summed E-state index contributed by atoms with van der Waals surface area (Å²) < 4.78 is 35.5. The lowest BCUT2D eigenvalue weighted by atomic mass is 10.0. The summed E-state index contributed by atoms with van der Waals surface area (Å²) in [5.74, 6) is 0.322. The van der Waals surface area contributed by atoms with E-state index in [9.17, 15) is 8.42 Å². The molecule has 134 valence electrons. The largest absolute Gasteiger partial charge is 0.384 e. The third-order valence-corrected chi connectivity index (χ3v) is 7.10. The van der Waals surface area contributed by atoms with Crippen molar-refractivity contribution < 1.29 is 13.2 Å². The smallest absolute Gasteiger partial charge is 0.280 e. The molecule has 7 heteroatoms.